The normalized spacial score (nSPS) is 29.5. The molecule has 0 aromatic heterocycles. The van der Waals surface area contributed by atoms with Gasteiger partial charge in [-0.05, 0) is 55.2 Å². The lowest BCUT2D eigenvalue weighted by molar-refractivity contribution is -0.145. The minimum atomic E-state index is -0.277. The van der Waals surface area contributed by atoms with Gasteiger partial charge in [-0.15, -0.1) is 0 Å². The van der Waals surface area contributed by atoms with E-state index in [1.165, 1.54) is 0 Å². The van der Waals surface area contributed by atoms with Gasteiger partial charge in [0, 0.05) is 11.6 Å². The number of rotatable bonds is 5. The molecular formula is C22H21NO5. The van der Waals surface area contributed by atoms with Gasteiger partial charge >= 0.3 is 5.97 Å². The Kier molecular flexibility index (Phi) is 4.00. The Hall–Kier alpha value is -3.02. The van der Waals surface area contributed by atoms with Crippen molar-refractivity contribution in [3.63, 3.8) is 0 Å². The van der Waals surface area contributed by atoms with Crippen molar-refractivity contribution in [2.75, 3.05) is 12.4 Å². The number of carbonyl (C=O) groups excluding carboxylic acids is 2. The maximum atomic E-state index is 12.8. The largest absolute Gasteiger partial charge is 0.493 e. The minimum Gasteiger partial charge on any atom is -0.493 e. The Morgan fingerprint density at radius 2 is 1.82 bits per heavy atom. The predicted molar refractivity (Wildman–Crippen MR) is 101 cm³/mol. The SMILES string of the molecule is COc1ccccc1Oc1ccc(NC(=O)[C@H]2[C@@H]3C[C@@H]4[C@@H]2C(=O)O[C@@H]4C3)cc1. The number of hydrogen-bond acceptors (Lipinski definition) is 5. The van der Waals surface area contributed by atoms with Crippen molar-refractivity contribution < 1.29 is 23.8 Å². The predicted octanol–water partition coefficient (Wildman–Crippen LogP) is 3.62. The topological polar surface area (TPSA) is 73.9 Å². The number of amides is 1. The van der Waals surface area contributed by atoms with Crippen molar-refractivity contribution in [1.82, 2.24) is 0 Å². The van der Waals surface area contributed by atoms with Gasteiger partial charge in [0.05, 0.1) is 18.9 Å². The molecule has 2 aliphatic carbocycles. The number of fused-ring (bicyclic) bond motifs is 1. The molecular weight excluding hydrogens is 358 g/mol. The quantitative estimate of drug-likeness (QED) is 0.803. The molecule has 0 unspecified atom stereocenters. The molecule has 5 atom stereocenters. The highest BCUT2D eigenvalue weighted by atomic mass is 16.6. The van der Waals surface area contributed by atoms with Gasteiger partial charge in [0.2, 0.25) is 5.91 Å². The Bertz CT molecular complexity index is 923. The van der Waals surface area contributed by atoms with Crippen LogP contribution in [0, 0.1) is 23.7 Å². The lowest BCUT2D eigenvalue weighted by atomic mass is 9.79. The fourth-order valence-electron chi connectivity index (χ4n) is 5.03. The van der Waals surface area contributed by atoms with Crippen LogP contribution in [0.5, 0.6) is 17.2 Å². The molecule has 6 nitrogen and oxygen atoms in total. The van der Waals surface area contributed by atoms with Crippen molar-refractivity contribution in [3.8, 4) is 17.2 Å². The molecule has 1 N–H and O–H groups in total. The van der Waals surface area contributed by atoms with Gasteiger partial charge in [-0.3, -0.25) is 9.59 Å². The molecule has 3 aliphatic rings. The average Bonchev–Trinajstić information content (AvgIpc) is 3.32. The Labute approximate surface area is 162 Å². The van der Waals surface area contributed by atoms with E-state index < -0.39 is 0 Å². The number of methoxy groups -OCH3 is 1. The van der Waals surface area contributed by atoms with E-state index in [-0.39, 0.29) is 41.7 Å². The van der Waals surface area contributed by atoms with Gasteiger partial charge in [0.15, 0.2) is 11.5 Å². The lowest BCUT2D eigenvalue weighted by Gasteiger charge is -2.23. The Balaban J connectivity index is 1.27. The molecule has 1 aliphatic heterocycles. The molecule has 28 heavy (non-hydrogen) atoms. The fraction of sp³-hybridized carbons (Fsp3) is 0.364. The number of nitrogens with one attached hydrogen (secondary N) is 1. The van der Waals surface area contributed by atoms with Crippen LogP contribution in [0.3, 0.4) is 0 Å². The zero-order chi connectivity index (χ0) is 19.3. The molecule has 5 rings (SSSR count). The van der Waals surface area contributed by atoms with Crippen LogP contribution in [0.15, 0.2) is 48.5 Å². The van der Waals surface area contributed by atoms with Crippen LogP contribution in [0.1, 0.15) is 12.8 Å². The van der Waals surface area contributed by atoms with E-state index in [0.717, 1.165) is 12.8 Å². The summed E-state index contributed by atoms with van der Waals surface area (Å²) in [6, 6.07) is 14.6. The highest BCUT2D eigenvalue weighted by Crippen LogP contribution is 2.57. The number of para-hydroxylation sites is 2. The van der Waals surface area contributed by atoms with Gasteiger partial charge in [-0.2, -0.15) is 0 Å². The van der Waals surface area contributed by atoms with Gasteiger partial charge in [-0.25, -0.2) is 0 Å². The van der Waals surface area contributed by atoms with Crippen LogP contribution in [0.25, 0.3) is 0 Å². The second-order valence-corrected chi connectivity index (χ2v) is 7.69. The highest BCUT2D eigenvalue weighted by Gasteiger charge is 2.63. The summed E-state index contributed by atoms with van der Waals surface area (Å²) in [5, 5.41) is 2.96. The smallest absolute Gasteiger partial charge is 0.310 e. The summed E-state index contributed by atoms with van der Waals surface area (Å²) in [5.41, 5.74) is 0.683. The van der Waals surface area contributed by atoms with Crippen molar-refractivity contribution >= 4 is 17.6 Å². The van der Waals surface area contributed by atoms with Crippen LogP contribution < -0.4 is 14.8 Å². The summed E-state index contributed by atoms with van der Waals surface area (Å²) in [6.45, 7) is 0. The first-order chi connectivity index (χ1) is 13.6. The maximum absolute atomic E-state index is 12.8. The van der Waals surface area contributed by atoms with E-state index in [9.17, 15) is 9.59 Å². The number of benzene rings is 2. The fourth-order valence-corrected chi connectivity index (χ4v) is 5.03. The molecule has 2 aromatic rings. The molecule has 2 bridgehead atoms. The van der Waals surface area contributed by atoms with Crippen molar-refractivity contribution in [2.24, 2.45) is 23.7 Å². The monoisotopic (exact) mass is 379 g/mol. The zero-order valence-corrected chi connectivity index (χ0v) is 15.5. The van der Waals surface area contributed by atoms with Gasteiger partial charge < -0.3 is 19.5 Å². The summed E-state index contributed by atoms with van der Waals surface area (Å²) in [5.74, 6) is 1.56. The summed E-state index contributed by atoms with van der Waals surface area (Å²) in [7, 11) is 1.60. The molecule has 6 heteroatoms. The van der Waals surface area contributed by atoms with E-state index in [1.807, 2.05) is 24.3 Å². The number of esters is 1. The summed E-state index contributed by atoms with van der Waals surface area (Å²) in [4.78, 5) is 24.9. The van der Waals surface area contributed by atoms with E-state index >= 15 is 0 Å². The van der Waals surface area contributed by atoms with Gasteiger partial charge in [-0.1, -0.05) is 12.1 Å². The number of ether oxygens (including phenoxy) is 3. The standard InChI is InChI=1S/C22H21NO5/c1-26-16-4-2-3-5-17(16)27-14-8-6-13(7-9-14)23-21(24)19-12-10-15-18(11-12)28-22(25)20(15)19/h2-9,12,15,18-20H,10-11H2,1H3,(H,23,24)/t12-,15+,18-,19+,20+/m1/s1. The van der Waals surface area contributed by atoms with Crippen LogP contribution in [-0.2, 0) is 14.3 Å². The van der Waals surface area contributed by atoms with E-state index in [4.69, 9.17) is 14.2 Å². The Morgan fingerprint density at radius 1 is 1.07 bits per heavy atom. The first-order valence-corrected chi connectivity index (χ1v) is 9.56. The summed E-state index contributed by atoms with van der Waals surface area (Å²) >= 11 is 0. The molecule has 3 fully saturated rings. The zero-order valence-electron chi connectivity index (χ0n) is 15.5. The highest BCUT2D eigenvalue weighted by molar-refractivity contribution is 5.97. The summed E-state index contributed by atoms with van der Waals surface area (Å²) in [6.07, 6.45) is 1.78. The third-order valence-corrected chi connectivity index (χ3v) is 6.20. The van der Waals surface area contributed by atoms with E-state index in [2.05, 4.69) is 5.32 Å². The third-order valence-electron chi connectivity index (χ3n) is 6.20. The lowest BCUT2D eigenvalue weighted by Crippen LogP contribution is -2.35. The second-order valence-electron chi connectivity index (χ2n) is 7.69. The van der Waals surface area contributed by atoms with Crippen molar-refractivity contribution in [3.05, 3.63) is 48.5 Å². The van der Waals surface area contributed by atoms with Gasteiger partial charge in [0.1, 0.15) is 11.9 Å². The van der Waals surface area contributed by atoms with Crippen molar-refractivity contribution in [2.45, 2.75) is 18.9 Å². The molecule has 1 saturated heterocycles. The molecule has 144 valence electrons. The van der Waals surface area contributed by atoms with Crippen LogP contribution >= 0.6 is 0 Å². The maximum Gasteiger partial charge on any atom is 0.310 e. The molecule has 0 spiro atoms. The summed E-state index contributed by atoms with van der Waals surface area (Å²) < 4.78 is 16.6. The van der Waals surface area contributed by atoms with Crippen LogP contribution in [0.4, 0.5) is 5.69 Å². The van der Waals surface area contributed by atoms with Crippen molar-refractivity contribution in [1.29, 1.82) is 0 Å². The van der Waals surface area contributed by atoms with E-state index in [1.54, 1.807) is 31.4 Å². The number of anilines is 1. The van der Waals surface area contributed by atoms with Crippen LogP contribution in [0.2, 0.25) is 0 Å². The molecule has 2 saturated carbocycles. The molecule has 1 heterocycles. The molecule has 1 amide bonds. The third kappa shape index (κ3) is 2.71. The number of carbonyl (C=O) groups is 2. The molecule has 0 radical (unpaired) electrons. The molecule has 2 aromatic carbocycles. The first-order valence-electron chi connectivity index (χ1n) is 9.56. The van der Waals surface area contributed by atoms with Crippen LogP contribution in [-0.4, -0.2) is 25.1 Å². The average molecular weight is 379 g/mol. The van der Waals surface area contributed by atoms with E-state index in [0.29, 0.717) is 22.9 Å². The van der Waals surface area contributed by atoms with Gasteiger partial charge in [0.25, 0.3) is 0 Å². The first kappa shape index (κ1) is 17.1. The Morgan fingerprint density at radius 3 is 2.57 bits per heavy atom. The minimum absolute atomic E-state index is 0.0398. The number of hydrogen-bond donors (Lipinski definition) is 1. The second kappa shape index (κ2) is 6.55.